The Hall–Kier alpha value is -0.900. The zero-order valence-corrected chi connectivity index (χ0v) is 7.81. The van der Waals surface area contributed by atoms with Crippen molar-refractivity contribution >= 4 is 21.9 Å². The quantitative estimate of drug-likeness (QED) is 0.731. The summed E-state index contributed by atoms with van der Waals surface area (Å²) in [5, 5.41) is 10.4. The maximum Gasteiger partial charge on any atom is 0.133 e. The van der Waals surface area contributed by atoms with Crippen molar-refractivity contribution in [1.29, 1.82) is 0 Å². The number of carbonyl (C=O) groups excluding carboxylic acids is 1. The van der Waals surface area contributed by atoms with Crippen molar-refractivity contribution in [2.75, 3.05) is 0 Å². The molecule has 0 saturated heterocycles. The van der Waals surface area contributed by atoms with E-state index in [1.807, 2.05) is 0 Å². The Balaban J connectivity index is 3.43. The van der Waals surface area contributed by atoms with Gasteiger partial charge in [0.05, 0.1) is 5.97 Å². The summed E-state index contributed by atoms with van der Waals surface area (Å²) in [6.07, 6.45) is 0. The molecule has 12 heavy (non-hydrogen) atoms. The topological polar surface area (TPSA) is 40.1 Å². The summed E-state index contributed by atoms with van der Waals surface area (Å²) in [4.78, 5) is 10.4. The molecule has 0 saturated carbocycles. The van der Waals surface area contributed by atoms with Gasteiger partial charge in [0.1, 0.15) is 5.82 Å². The number of rotatable bonds is 1. The van der Waals surface area contributed by atoms with Crippen molar-refractivity contribution in [1.82, 2.24) is 0 Å². The van der Waals surface area contributed by atoms with Crippen LogP contribution < -0.4 is 5.11 Å². The lowest BCUT2D eigenvalue weighted by Gasteiger charge is -2.08. The summed E-state index contributed by atoms with van der Waals surface area (Å²) in [6, 6.07) is 2.59. The molecule has 0 aliphatic rings. The van der Waals surface area contributed by atoms with E-state index in [4.69, 9.17) is 0 Å². The number of halogens is 2. The fourth-order valence-electron chi connectivity index (χ4n) is 0.844. The molecule has 0 aliphatic heterocycles. The Bertz CT molecular complexity index is 336. The molecule has 4 heteroatoms. The molecule has 0 amide bonds. The van der Waals surface area contributed by atoms with Crippen molar-refractivity contribution in [3.8, 4) is 0 Å². The Labute approximate surface area is 77.2 Å². The van der Waals surface area contributed by atoms with Crippen LogP contribution in [0.3, 0.4) is 0 Å². The van der Waals surface area contributed by atoms with Gasteiger partial charge in [0, 0.05) is 10.0 Å². The van der Waals surface area contributed by atoms with Crippen molar-refractivity contribution in [3.05, 3.63) is 33.5 Å². The Morgan fingerprint density at radius 3 is 2.58 bits per heavy atom. The first-order valence-electron chi connectivity index (χ1n) is 3.20. The number of benzene rings is 1. The summed E-state index contributed by atoms with van der Waals surface area (Å²) in [5.41, 5.74) is 0.241. The lowest BCUT2D eigenvalue weighted by molar-refractivity contribution is -0.255. The Morgan fingerprint density at radius 2 is 2.17 bits per heavy atom. The van der Waals surface area contributed by atoms with Gasteiger partial charge in [-0.3, -0.25) is 0 Å². The second-order valence-corrected chi connectivity index (χ2v) is 3.13. The largest absolute Gasteiger partial charge is 0.545 e. The van der Waals surface area contributed by atoms with E-state index in [1.165, 1.54) is 6.07 Å². The molecule has 1 aromatic rings. The summed E-state index contributed by atoms with van der Waals surface area (Å²) < 4.78 is 13.1. The number of aryl methyl sites for hydroxylation is 1. The monoisotopic (exact) mass is 231 g/mol. The first kappa shape index (κ1) is 9.19. The van der Waals surface area contributed by atoms with E-state index in [2.05, 4.69) is 15.9 Å². The zero-order chi connectivity index (χ0) is 9.30. The smallest absolute Gasteiger partial charge is 0.133 e. The van der Waals surface area contributed by atoms with Crippen molar-refractivity contribution in [2.24, 2.45) is 0 Å². The molecule has 1 aromatic carbocycles. The third kappa shape index (κ3) is 1.48. The number of hydrogen-bond donors (Lipinski definition) is 0. The third-order valence-corrected chi connectivity index (χ3v) is 2.51. The fraction of sp³-hybridized carbons (Fsp3) is 0.125. The number of carboxylic acid groups (broad SMARTS) is 1. The highest BCUT2D eigenvalue weighted by Gasteiger charge is 2.09. The molecule has 0 fully saturated rings. The average Bonchev–Trinajstić information content (AvgIpc) is 1.97. The van der Waals surface area contributed by atoms with Gasteiger partial charge < -0.3 is 9.90 Å². The van der Waals surface area contributed by atoms with Crippen molar-refractivity contribution in [2.45, 2.75) is 6.92 Å². The van der Waals surface area contributed by atoms with Crippen LogP contribution in [0.5, 0.6) is 0 Å². The van der Waals surface area contributed by atoms with E-state index in [-0.39, 0.29) is 4.47 Å². The molecular weight excluding hydrogens is 227 g/mol. The molecule has 0 aromatic heterocycles. The zero-order valence-electron chi connectivity index (χ0n) is 6.23. The molecule has 0 N–H and O–H groups in total. The molecule has 64 valence electrons. The molecule has 0 unspecified atom stereocenters. The van der Waals surface area contributed by atoms with Crippen molar-refractivity contribution in [3.63, 3.8) is 0 Å². The van der Waals surface area contributed by atoms with E-state index >= 15 is 0 Å². The highest BCUT2D eigenvalue weighted by Crippen LogP contribution is 2.22. The molecule has 0 atom stereocenters. The molecule has 0 spiro atoms. The van der Waals surface area contributed by atoms with Gasteiger partial charge in [0.25, 0.3) is 0 Å². The summed E-state index contributed by atoms with van der Waals surface area (Å²) in [7, 11) is 0. The van der Waals surface area contributed by atoms with Gasteiger partial charge in [0.2, 0.25) is 0 Å². The predicted molar refractivity (Wildman–Crippen MR) is 43.2 cm³/mol. The van der Waals surface area contributed by atoms with Gasteiger partial charge in [-0.05, 0) is 34.5 Å². The second-order valence-electron chi connectivity index (χ2n) is 2.34. The van der Waals surface area contributed by atoms with Crippen LogP contribution in [0.2, 0.25) is 0 Å². The van der Waals surface area contributed by atoms with E-state index in [0.717, 1.165) is 6.07 Å². The summed E-state index contributed by atoms with van der Waals surface area (Å²) >= 11 is 2.97. The summed E-state index contributed by atoms with van der Waals surface area (Å²) in [6.45, 7) is 1.68. The first-order valence-corrected chi connectivity index (χ1v) is 3.99. The van der Waals surface area contributed by atoms with Crippen molar-refractivity contribution < 1.29 is 14.3 Å². The van der Waals surface area contributed by atoms with E-state index < -0.39 is 17.3 Å². The third-order valence-electron chi connectivity index (χ3n) is 1.49. The van der Waals surface area contributed by atoms with Gasteiger partial charge >= 0.3 is 0 Å². The minimum absolute atomic E-state index is 0.238. The lowest BCUT2D eigenvalue weighted by Crippen LogP contribution is -2.24. The maximum absolute atomic E-state index is 12.8. The minimum atomic E-state index is -1.51. The van der Waals surface area contributed by atoms with E-state index in [0.29, 0.717) is 5.56 Å². The van der Waals surface area contributed by atoms with Crippen LogP contribution in [-0.2, 0) is 0 Å². The molecule has 0 heterocycles. The second kappa shape index (κ2) is 3.23. The van der Waals surface area contributed by atoms with E-state index in [1.54, 1.807) is 6.92 Å². The number of aromatic carboxylic acids is 1. The highest BCUT2D eigenvalue weighted by molar-refractivity contribution is 9.10. The molecule has 0 bridgehead atoms. The van der Waals surface area contributed by atoms with E-state index in [9.17, 15) is 14.3 Å². The number of carboxylic acids is 1. The van der Waals surface area contributed by atoms with Gasteiger partial charge in [-0.15, -0.1) is 0 Å². The SMILES string of the molecule is Cc1ccc(F)c(C(=O)[O-])c1Br. The molecular formula is C8H5BrFO2-. The predicted octanol–water partition coefficient (Wildman–Crippen LogP) is 1.26. The van der Waals surface area contributed by atoms with Crippen LogP contribution in [0.4, 0.5) is 4.39 Å². The lowest BCUT2D eigenvalue weighted by atomic mass is 10.1. The van der Waals surface area contributed by atoms with Crippen LogP contribution in [0.15, 0.2) is 16.6 Å². The first-order chi connectivity index (χ1) is 5.54. The Morgan fingerprint density at radius 1 is 1.58 bits per heavy atom. The number of carbonyl (C=O) groups is 1. The normalized spacial score (nSPS) is 9.92. The van der Waals surface area contributed by atoms with Gasteiger partial charge in [-0.2, -0.15) is 0 Å². The average molecular weight is 232 g/mol. The van der Waals surface area contributed by atoms with Crippen LogP contribution in [0.25, 0.3) is 0 Å². The van der Waals surface area contributed by atoms with Crippen LogP contribution in [0, 0.1) is 12.7 Å². The number of hydrogen-bond acceptors (Lipinski definition) is 2. The maximum atomic E-state index is 12.8. The van der Waals surface area contributed by atoms with Gasteiger partial charge in [-0.25, -0.2) is 4.39 Å². The van der Waals surface area contributed by atoms with Crippen LogP contribution in [0.1, 0.15) is 15.9 Å². The molecule has 1 rings (SSSR count). The van der Waals surface area contributed by atoms with Crippen LogP contribution in [-0.4, -0.2) is 5.97 Å². The molecule has 0 radical (unpaired) electrons. The Kier molecular flexibility index (Phi) is 2.47. The standard InChI is InChI=1S/C8H6BrFO2/c1-4-2-3-5(10)6(7(4)9)8(11)12/h2-3H,1H3,(H,11,12)/p-1. The van der Waals surface area contributed by atoms with Gasteiger partial charge in [-0.1, -0.05) is 6.07 Å². The van der Waals surface area contributed by atoms with Crippen LogP contribution >= 0.6 is 15.9 Å². The highest BCUT2D eigenvalue weighted by atomic mass is 79.9. The molecule has 0 aliphatic carbocycles. The fourth-order valence-corrected chi connectivity index (χ4v) is 1.33. The molecule has 2 nitrogen and oxygen atoms in total. The summed E-state index contributed by atoms with van der Waals surface area (Å²) in [5.74, 6) is -2.30. The van der Waals surface area contributed by atoms with Gasteiger partial charge in [0.15, 0.2) is 0 Å². The minimum Gasteiger partial charge on any atom is -0.545 e.